The van der Waals surface area contributed by atoms with Gasteiger partial charge in [-0.2, -0.15) is 0 Å². The first-order chi connectivity index (χ1) is 1.41. The van der Waals surface area contributed by atoms with Crippen molar-refractivity contribution >= 4 is 7.69 Å². The molecule has 0 heterocycles. The van der Waals surface area contributed by atoms with E-state index in [1.54, 1.807) is 0 Å². The maximum atomic E-state index is 7.00. The van der Waals surface area contributed by atoms with E-state index in [9.17, 15) is 0 Å². The van der Waals surface area contributed by atoms with Crippen LogP contribution in [0.5, 0.6) is 0 Å². The molecule has 0 aromatic rings. The molecule has 0 spiro atoms. The predicted molar refractivity (Wildman–Crippen MR) is 12.1 cm³/mol. The molecule has 0 atom stereocenters. The predicted octanol–water partition coefficient (Wildman–Crippen LogP) is -4.67. The summed E-state index contributed by atoms with van der Waals surface area (Å²) in [7, 11) is 0. The maximum absolute atomic E-state index is 7.00. The fraction of sp³-hybridized carbons (Fsp3) is 0. The molecule has 0 saturated heterocycles. The fourth-order valence-electron chi connectivity index (χ4n) is 0. The zero-order valence-corrected chi connectivity index (χ0v) is 6.04. The van der Waals surface area contributed by atoms with Gasteiger partial charge in [-0.15, -0.1) is 0 Å². The summed E-state index contributed by atoms with van der Waals surface area (Å²) in [4.78, 5) is 0. The standard InChI is InChI=1S/BH2O2.K.H2O/c2-1-3;;/h2-3H;;1H2/q;+1;/p-1. The topological polar surface area (TPSA) is 70.5 Å². The molecule has 0 amide bonds. The number of rotatable bonds is 0. The fourth-order valence-corrected chi connectivity index (χ4v) is 0. The second kappa shape index (κ2) is 17.6. The van der Waals surface area contributed by atoms with Crippen molar-refractivity contribution < 1.29 is 66.9 Å². The van der Waals surface area contributed by atoms with Crippen molar-refractivity contribution in [3.63, 3.8) is 0 Å². The van der Waals surface area contributed by atoms with Crippen LogP contribution in [0.4, 0.5) is 0 Å². The van der Waals surface area contributed by atoms with Crippen molar-refractivity contribution in [3.8, 4) is 0 Å². The van der Waals surface area contributed by atoms with Crippen LogP contribution in [0.15, 0.2) is 0 Å². The van der Waals surface area contributed by atoms with Gasteiger partial charge in [0.2, 0.25) is 0 Å². The van der Waals surface area contributed by atoms with Gasteiger partial charge in [0.05, 0.1) is 0 Å². The van der Waals surface area contributed by atoms with Gasteiger partial charge in [0.25, 0.3) is 0 Å². The Morgan fingerprint density at radius 2 is 1.20 bits per heavy atom. The second-order valence-corrected chi connectivity index (χ2v) is 0.115. The Morgan fingerprint density at radius 3 is 1.20 bits per heavy atom. The van der Waals surface area contributed by atoms with Crippen LogP contribution in [0.3, 0.4) is 0 Å². The van der Waals surface area contributed by atoms with Gasteiger partial charge in [0, 0.05) is 0 Å². The third-order valence-electron chi connectivity index (χ3n) is 0. The summed E-state index contributed by atoms with van der Waals surface area (Å²) < 4.78 is 0. The summed E-state index contributed by atoms with van der Waals surface area (Å²) >= 11 is 0. The molecule has 5 heteroatoms. The molecular weight excluding hydrogens is 97.9 g/mol. The largest absolute Gasteiger partial charge is 1.00 e. The summed E-state index contributed by atoms with van der Waals surface area (Å²) in [5.41, 5.74) is 0. The monoisotopic (exact) mass is 101 g/mol. The number of hydrogen-bond donors (Lipinski definition) is 2. The molecule has 3 N–H and O–H groups in total. The van der Waals surface area contributed by atoms with E-state index in [1.807, 2.05) is 0 Å². The Balaban J connectivity index is -0.0000000200. The summed E-state index contributed by atoms with van der Waals surface area (Å²) in [6.07, 6.45) is 0. The normalized spacial score (nSPS) is 2.80. The zero-order valence-electron chi connectivity index (χ0n) is 2.92. The van der Waals surface area contributed by atoms with E-state index in [4.69, 9.17) is 10.0 Å². The van der Waals surface area contributed by atoms with Crippen LogP contribution in [0.2, 0.25) is 0 Å². The maximum Gasteiger partial charge on any atom is 1.00 e. The molecule has 5 heavy (non-hydrogen) atoms. The van der Waals surface area contributed by atoms with E-state index in [-0.39, 0.29) is 64.5 Å². The van der Waals surface area contributed by atoms with E-state index in [0.717, 1.165) is 0 Å². The quantitative estimate of drug-likeness (QED) is 0.301. The van der Waals surface area contributed by atoms with Crippen molar-refractivity contribution in [1.29, 1.82) is 0 Å². The van der Waals surface area contributed by atoms with Crippen LogP contribution in [0.1, 0.15) is 0 Å². The Bertz CT molecular complexity index is 6.85. The van der Waals surface area contributed by atoms with Crippen molar-refractivity contribution in [2.45, 2.75) is 0 Å². The second-order valence-electron chi connectivity index (χ2n) is 0.115. The minimum absolute atomic E-state index is 0. The Labute approximate surface area is 73.4 Å². The molecule has 1 radical (unpaired) electrons. The van der Waals surface area contributed by atoms with Gasteiger partial charge in [-0.25, -0.2) is 0 Å². The SMILES string of the molecule is O[B]O.[K+].[OH-]. The van der Waals surface area contributed by atoms with Gasteiger partial charge in [0.1, 0.15) is 0 Å². The molecule has 0 unspecified atom stereocenters. The first kappa shape index (κ1) is 16.0. The molecule has 0 aromatic carbocycles. The first-order valence-corrected chi connectivity index (χ1v) is 0.516. The third-order valence-corrected chi connectivity index (χ3v) is 0. The Hall–Kier alpha value is 1.58. The van der Waals surface area contributed by atoms with E-state index in [2.05, 4.69) is 0 Å². The molecule has 0 aliphatic heterocycles. The summed E-state index contributed by atoms with van der Waals surface area (Å²) in [6, 6.07) is 0. The van der Waals surface area contributed by atoms with Crippen LogP contribution in [-0.2, 0) is 0 Å². The van der Waals surface area contributed by atoms with E-state index < -0.39 is 0 Å². The smallest absolute Gasteiger partial charge is 0.870 e. The van der Waals surface area contributed by atoms with Gasteiger partial charge < -0.3 is 15.5 Å². The van der Waals surface area contributed by atoms with Crippen LogP contribution in [0, 0.1) is 0 Å². The van der Waals surface area contributed by atoms with Gasteiger partial charge in [-0.3, -0.25) is 0 Å². The molecule has 0 aliphatic carbocycles. The van der Waals surface area contributed by atoms with Crippen LogP contribution >= 0.6 is 0 Å². The van der Waals surface area contributed by atoms with Gasteiger partial charge in [0.15, 0.2) is 0 Å². The molecule has 0 saturated carbocycles. The molecule has 0 fully saturated rings. The molecule has 0 bridgehead atoms. The molecule has 0 aliphatic rings. The van der Waals surface area contributed by atoms with Gasteiger partial charge in [-0.1, -0.05) is 0 Å². The van der Waals surface area contributed by atoms with Gasteiger partial charge in [-0.05, 0) is 0 Å². The van der Waals surface area contributed by atoms with Gasteiger partial charge >= 0.3 is 59.1 Å². The van der Waals surface area contributed by atoms with E-state index in [0.29, 0.717) is 0 Å². The average molecular weight is 101 g/mol. The van der Waals surface area contributed by atoms with Crippen molar-refractivity contribution in [2.75, 3.05) is 0 Å². The van der Waals surface area contributed by atoms with Crippen LogP contribution in [0.25, 0.3) is 0 Å². The van der Waals surface area contributed by atoms with E-state index >= 15 is 0 Å². The minimum atomic E-state index is 0. The number of hydrogen-bond acceptors (Lipinski definition) is 3. The van der Waals surface area contributed by atoms with Crippen LogP contribution in [-0.4, -0.2) is 23.2 Å². The minimum Gasteiger partial charge on any atom is -0.870 e. The first-order valence-electron chi connectivity index (χ1n) is 0.516. The summed E-state index contributed by atoms with van der Waals surface area (Å²) in [5.74, 6) is 0. The van der Waals surface area contributed by atoms with Crippen LogP contribution < -0.4 is 51.4 Å². The molecule has 0 rings (SSSR count). The van der Waals surface area contributed by atoms with E-state index in [1.165, 1.54) is 0 Å². The van der Waals surface area contributed by atoms with Crippen molar-refractivity contribution in [3.05, 3.63) is 0 Å². The van der Waals surface area contributed by atoms with Crippen molar-refractivity contribution in [1.82, 2.24) is 0 Å². The average Bonchev–Trinajstić information content (AvgIpc) is 0.918. The Kier molecular flexibility index (Phi) is 56.2. The third kappa shape index (κ3) is 28.6. The summed E-state index contributed by atoms with van der Waals surface area (Å²) in [5, 5.41) is 14.0. The molecular formula is H3BKO3. The Morgan fingerprint density at radius 1 is 1.20 bits per heavy atom. The zero-order chi connectivity index (χ0) is 2.71. The summed E-state index contributed by atoms with van der Waals surface area (Å²) in [6.45, 7) is 0. The molecule has 3 nitrogen and oxygen atoms in total. The molecule has 25 valence electrons. The molecule has 0 aromatic heterocycles. The van der Waals surface area contributed by atoms with Crippen molar-refractivity contribution in [2.24, 2.45) is 0 Å².